The van der Waals surface area contributed by atoms with Crippen molar-refractivity contribution in [3.8, 4) is 0 Å². The van der Waals surface area contributed by atoms with Crippen LogP contribution in [-0.2, 0) is 11.2 Å². The second-order valence-electron chi connectivity index (χ2n) is 6.81. The predicted molar refractivity (Wildman–Crippen MR) is 107 cm³/mol. The van der Waals surface area contributed by atoms with Gasteiger partial charge in [0.1, 0.15) is 0 Å². The highest BCUT2D eigenvalue weighted by Gasteiger charge is 2.33. The van der Waals surface area contributed by atoms with Crippen molar-refractivity contribution >= 4 is 30.8 Å². The van der Waals surface area contributed by atoms with Gasteiger partial charge in [-0.2, -0.15) is 0 Å². The standard InChI is InChI=1S/C20H25NO2S.ClH/c1-13-18(22)12-10-16(20(13)24)19(23)17-11-9-15(21-17)8-7-14-5-3-2-4-6-14;/h2-6,10,12-13,15,17,19,21,23-24H,7-9,11H2,1H3;1H. The molecule has 1 aliphatic carbocycles. The number of carbonyl (C=O) groups is 1. The van der Waals surface area contributed by atoms with Crippen molar-refractivity contribution in [3.63, 3.8) is 0 Å². The molecule has 0 amide bonds. The minimum absolute atomic E-state index is 0. The molecule has 5 heteroatoms. The molecule has 0 radical (unpaired) electrons. The van der Waals surface area contributed by atoms with Crippen LogP contribution in [0.25, 0.3) is 0 Å². The monoisotopic (exact) mass is 379 g/mol. The maximum atomic E-state index is 11.7. The zero-order valence-corrected chi connectivity index (χ0v) is 16.1. The molecule has 3 rings (SSSR count). The molecule has 1 aromatic rings. The van der Waals surface area contributed by atoms with Crippen molar-refractivity contribution in [1.82, 2.24) is 5.32 Å². The highest BCUT2D eigenvalue weighted by molar-refractivity contribution is 7.84. The zero-order valence-electron chi connectivity index (χ0n) is 14.4. The first-order valence-corrected chi connectivity index (χ1v) is 9.14. The summed E-state index contributed by atoms with van der Waals surface area (Å²) in [5.41, 5.74) is 2.14. The van der Waals surface area contributed by atoms with Gasteiger partial charge in [-0.25, -0.2) is 0 Å². The van der Waals surface area contributed by atoms with E-state index < -0.39 is 6.10 Å². The zero-order chi connectivity index (χ0) is 17.1. The first kappa shape index (κ1) is 20.2. The van der Waals surface area contributed by atoms with Gasteiger partial charge in [0.05, 0.1) is 12.0 Å². The van der Waals surface area contributed by atoms with Gasteiger partial charge in [0.15, 0.2) is 5.78 Å². The summed E-state index contributed by atoms with van der Waals surface area (Å²) in [6.07, 6.45) is 6.83. The lowest BCUT2D eigenvalue weighted by Gasteiger charge is -2.26. The Morgan fingerprint density at radius 1 is 1.24 bits per heavy atom. The van der Waals surface area contributed by atoms with E-state index in [-0.39, 0.29) is 30.2 Å². The van der Waals surface area contributed by atoms with Crippen LogP contribution in [0.2, 0.25) is 0 Å². The van der Waals surface area contributed by atoms with E-state index in [9.17, 15) is 9.90 Å². The molecule has 1 aliphatic heterocycles. The average Bonchev–Trinajstić information content (AvgIpc) is 3.07. The van der Waals surface area contributed by atoms with Crippen molar-refractivity contribution in [2.24, 2.45) is 5.92 Å². The second-order valence-corrected chi connectivity index (χ2v) is 7.30. The molecule has 1 saturated heterocycles. The van der Waals surface area contributed by atoms with E-state index in [1.54, 1.807) is 12.2 Å². The molecular formula is C20H26ClNO2S. The summed E-state index contributed by atoms with van der Waals surface area (Å²) in [6.45, 7) is 1.84. The molecule has 0 spiro atoms. The fourth-order valence-electron chi connectivity index (χ4n) is 3.57. The normalized spacial score (nSPS) is 27.3. The third kappa shape index (κ3) is 4.76. The summed E-state index contributed by atoms with van der Waals surface area (Å²) < 4.78 is 0. The lowest BCUT2D eigenvalue weighted by atomic mass is 9.90. The third-order valence-corrected chi connectivity index (χ3v) is 5.81. The fourth-order valence-corrected chi connectivity index (χ4v) is 3.90. The van der Waals surface area contributed by atoms with Crippen molar-refractivity contribution in [3.05, 3.63) is 58.5 Å². The Bertz CT molecular complexity index is 659. The number of rotatable bonds is 5. The summed E-state index contributed by atoms with van der Waals surface area (Å²) in [4.78, 5) is 12.4. The predicted octanol–water partition coefficient (Wildman–Crippen LogP) is 3.48. The molecule has 4 atom stereocenters. The molecule has 2 N–H and O–H groups in total. The van der Waals surface area contributed by atoms with Crippen LogP contribution in [0.3, 0.4) is 0 Å². The molecule has 136 valence electrons. The first-order chi connectivity index (χ1) is 11.6. The van der Waals surface area contributed by atoms with Gasteiger partial charge in [-0.15, -0.1) is 25.0 Å². The van der Waals surface area contributed by atoms with Crippen molar-refractivity contribution in [1.29, 1.82) is 0 Å². The van der Waals surface area contributed by atoms with E-state index in [0.29, 0.717) is 10.9 Å². The number of aliphatic hydroxyl groups excluding tert-OH is 1. The topological polar surface area (TPSA) is 49.3 Å². The molecule has 3 nitrogen and oxygen atoms in total. The molecule has 25 heavy (non-hydrogen) atoms. The molecule has 1 fully saturated rings. The van der Waals surface area contributed by atoms with Crippen LogP contribution in [0.4, 0.5) is 0 Å². The minimum Gasteiger partial charge on any atom is -0.387 e. The van der Waals surface area contributed by atoms with E-state index in [2.05, 4.69) is 42.2 Å². The van der Waals surface area contributed by atoms with Gasteiger partial charge in [-0.05, 0) is 47.8 Å². The molecule has 1 aromatic carbocycles. The first-order valence-electron chi connectivity index (χ1n) is 8.69. The maximum Gasteiger partial charge on any atom is 0.163 e. The van der Waals surface area contributed by atoms with Crippen LogP contribution in [0.5, 0.6) is 0 Å². The Hall–Kier alpha value is -1.07. The van der Waals surface area contributed by atoms with Crippen molar-refractivity contribution in [2.75, 3.05) is 0 Å². The highest BCUT2D eigenvalue weighted by Crippen LogP contribution is 2.31. The molecule has 0 saturated carbocycles. The van der Waals surface area contributed by atoms with E-state index >= 15 is 0 Å². The Kier molecular flexibility index (Phi) is 7.32. The Morgan fingerprint density at radius 3 is 2.68 bits per heavy atom. The number of hydrogen-bond acceptors (Lipinski definition) is 4. The Labute approximate surface area is 161 Å². The van der Waals surface area contributed by atoms with Gasteiger partial charge >= 0.3 is 0 Å². The number of benzene rings is 1. The number of hydrogen-bond donors (Lipinski definition) is 3. The fraction of sp³-hybridized carbons (Fsp3) is 0.450. The summed E-state index contributed by atoms with van der Waals surface area (Å²) in [5.74, 6) is -0.200. The summed E-state index contributed by atoms with van der Waals surface area (Å²) in [5, 5.41) is 14.3. The van der Waals surface area contributed by atoms with Crippen molar-refractivity contribution in [2.45, 2.75) is 50.8 Å². The van der Waals surface area contributed by atoms with E-state index in [1.807, 2.05) is 13.0 Å². The Balaban J connectivity index is 0.00000225. The Morgan fingerprint density at radius 2 is 1.96 bits per heavy atom. The van der Waals surface area contributed by atoms with E-state index in [1.165, 1.54) is 5.56 Å². The largest absolute Gasteiger partial charge is 0.387 e. The number of ketones is 1. The van der Waals surface area contributed by atoms with Crippen molar-refractivity contribution < 1.29 is 9.90 Å². The maximum absolute atomic E-state index is 11.7. The number of carbonyl (C=O) groups excluding carboxylic acids is 1. The van der Waals surface area contributed by atoms with Crippen LogP contribution in [0.15, 0.2) is 53.0 Å². The van der Waals surface area contributed by atoms with Crippen LogP contribution < -0.4 is 5.32 Å². The van der Waals surface area contributed by atoms with Crippen LogP contribution in [0, 0.1) is 5.92 Å². The summed E-state index contributed by atoms with van der Waals surface area (Å²) in [6, 6.07) is 11.0. The number of allylic oxidation sites excluding steroid dienone is 2. The average molecular weight is 380 g/mol. The lowest BCUT2D eigenvalue weighted by Crippen LogP contribution is -2.40. The molecule has 0 bridgehead atoms. The number of thiol groups is 1. The van der Waals surface area contributed by atoms with Gasteiger partial charge in [0.2, 0.25) is 0 Å². The molecule has 2 aliphatic rings. The van der Waals surface area contributed by atoms with Gasteiger partial charge < -0.3 is 10.4 Å². The smallest absolute Gasteiger partial charge is 0.163 e. The number of aliphatic hydroxyl groups is 1. The molecule has 0 aromatic heterocycles. The van der Waals surface area contributed by atoms with Gasteiger partial charge in [-0.3, -0.25) is 4.79 Å². The van der Waals surface area contributed by atoms with Crippen LogP contribution in [-0.4, -0.2) is 29.1 Å². The van der Waals surface area contributed by atoms with Gasteiger partial charge in [-0.1, -0.05) is 43.3 Å². The van der Waals surface area contributed by atoms with Crippen LogP contribution in [0.1, 0.15) is 31.7 Å². The van der Waals surface area contributed by atoms with Gasteiger partial charge in [0, 0.05) is 12.1 Å². The van der Waals surface area contributed by atoms with E-state index in [4.69, 9.17) is 0 Å². The molecule has 4 unspecified atom stereocenters. The SMILES string of the molecule is CC1C(=O)C=CC(C(O)C2CCC(CCc3ccccc3)N2)=C1S.Cl. The second kappa shape index (κ2) is 9.04. The summed E-state index contributed by atoms with van der Waals surface area (Å²) >= 11 is 4.47. The number of halogens is 1. The number of nitrogens with one attached hydrogen (secondary N) is 1. The molecular weight excluding hydrogens is 354 g/mol. The quantitative estimate of drug-likeness (QED) is 0.686. The highest BCUT2D eigenvalue weighted by atomic mass is 35.5. The van der Waals surface area contributed by atoms with E-state index in [0.717, 1.165) is 31.3 Å². The molecule has 1 heterocycles. The van der Waals surface area contributed by atoms with Gasteiger partial charge in [0.25, 0.3) is 0 Å². The van der Waals surface area contributed by atoms with Crippen LogP contribution >= 0.6 is 25.0 Å². The summed E-state index contributed by atoms with van der Waals surface area (Å²) in [7, 11) is 0. The minimum atomic E-state index is -0.606. The third-order valence-electron chi connectivity index (χ3n) is 5.16. The lowest BCUT2D eigenvalue weighted by molar-refractivity contribution is -0.116. The number of aryl methyl sites for hydroxylation is 1.